The number of anilines is 1. The lowest BCUT2D eigenvalue weighted by Gasteiger charge is -2.27. The average Bonchev–Trinajstić information content (AvgIpc) is 3.20. The van der Waals surface area contributed by atoms with E-state index in [1.165, 1.54) is 11.0 Å². The molecule has 0 unspecified atom stereocenters. The third kappa shape index (κ3) is 4.73. The first kappa shape index (κ1) is 24.7. The van der Waals surface area contributed by atoms with Crippen molar-refractivity contribution in [3.63, 3.8) is 0 Å². The van der Waals surface area contributed by atoms with Crippen molar-refractivity contribution in [3.8, 4) is 11.1 Å². The summed E-state index contributed by atoms with van der Waals surface area (Å²) >= 11 is 0. The molecule has 5 rings (SSSR count). The van der Waals surface area contributed by atoms with Gasteiger partial charge in [-0.3, -0.25) is 9.88 Å². The Balaban J connectivity index is 1.51. The van der Waals surface area contributed by atoms with Crippen LogP contribution in [0.4, 0.5) is 10.5 Å². The Hall–Kier alpha value is -4.01. The number of aryl methyl sites for hydroxylation is 2. The lowest BCUT2D eigenvalue weighted by Crippen LogP contribution is -2.34. The first-order valence-electron chi connectivity index (χ1n) is 11.9. The highest BCUT2D eigenvalue weighted by Crippen LogP contribution is 2.45. The van der Waals surface area contributed by atoms with E-state index in [0.717, 1.165) is 27.8 Å². The number of nitrogens with one attached hydrogen (secondary N) is 1. The molecule has 1 aliphatic carbocycles. The summed E-state index contributed by atoms with van der Waals surface area (Å²) in [4.78, 5) is 17.9. The fourth-order valence-corrected chi connectivity index (χ4v) is 6.34. The number of benzene rings is 3. The number of carbonyl (C=O) groups is 1. The molecule has 188 valence electrons. The number of fused-ring (bicyclic) bond motifs is 3. The van der Waals surface area contributed by atoms with Gasteiger partial charge in [0, 0.05) is 31.4 Å². The minimum Gasteiger partial charge on any atom is -0.465 e. The van der Waals surface area contributed by atoms with Gasteiger partial charge in [-0.25, -0.2) is 17.9 Å². The van der Waals surface area contributed by atoms with E-state index in [1.54, 1.807) is 44.4 Å². The Kier molecular flexibility index (Phi) is 6.54. The number of rotatable bonds is 7. The molecule has 4 aromatic rings. The van der Waals surface area contributed by atoms with Gasteiger partial charge in [0.15, 0.2) is 0 Å². The van der Waals surface area contributed by atoms with Crippen LogP contribution >= 0.6 is 0 Å². The van der Waals surface area contributed by atoms with Crippen molar-refractivity contribution >= 4 is 21.8 Å². The van der Waals surface area contributed by atoms with Gasteiger partial charge in [0.25, 0.3) is 0 Å². The summed E-state index contributed by atoms with van der Waals surface area (Å²) in [7, 11) is -3.91. The average molecular weight is 514 g/mol. The summed E-state index contributed by atoms with van der Waals surface area (Å²) in [6.07, 6.45) is 2.08. The van der Waals surface area contributed by atoms with Crippen molar-refractivity contribution in [2.75, 3.05) is 11.4 Å². The number of hydrogen-bond donors (Lipinski definition) is 2. The van der Waals surface area contributed by atoms with Gasteiger partial charge >= 0.3 is 6.09 Å². The number of sulfonamides is 1. The maximum atomic E-state index is 13.3. The van der Waals surface area contributed by atoms with Crippen molar-refractivity contribution in [2.45, 2.75) is 31.2 Å². The standard InChI is InChI=1S/C29H27N3O4S/c1-19-14-20(2)28(37(35,36)31-17-21-8-7-13-30-16-21)15-27(19)32(29(33)34)18-26-24-11-5-3-9-22(24)23-10-4-6-12-25(23)26/h3-16,26,31H,17-18H2,1-2H3,(H,33,34). The van der Waals surface area contributed by atoms with Gasteiger partial charge in [0.2, 0.25) is 10.0 Å². The van der Waals surface area contributed by atoms with E-state index in [9.17, 15) is 18.3 Å². The van der Waals surface area contributed by atoms with E-state index in [4.69, 9.17) is 0 Å². The van der Waals surface area contributed by atoms with Crippen molar-refractivity contribution in [3.05, 3.63) is 113 Å². The largest absolute Gasteiger partial charge is 0.465 e. The molecule has 1 heterocycles. The van der Waals surface area contributed by atoms with Crippen molar-refractivity contribution < 1.29 is 18.3 Å². The smallest absolute Gasteiger partial charge is 0.411 e. The van der Waals surface area contributed by atoms with Gasteiger partial charge in [-0.05, 0) is 64.9 Å². The maximum absolute atomic E-state index is 13.3. The second-order valence-corrected chi connectivity index (χ2v) is 10.9. The first-order valence-corrected chi connectivity index (χ1v) is 13.4. The van der Waals surface area contributed by atoms with E-state index >= 15 is 0 Å². The van der Waals surface area contributed by atoms with Crippen molar-refractivity contribution in [1.82, 2.24) is 9.71 Å². The third-order valence-electron chi connectivity index (χ3n) is 6.82. The number of pyridine rings is 1. The summed E-state index contributed by atoms with van der Waals surface area (Å²) in [5.74, 6) is -0.173. The Morgan fingerprint density at radius 2 is 1.59 bits per heavy atom. The highest BCUT2D eigenvalue weighted by atomic mass is 32.2. The van der Waals surface area contributed by atoms with Crippen molar-refractivity contribution in [1.29, 1.82) is 0 Å². The molecule has 2 N–H and O–H groups in total. The summed E-state index contributed by atoms with van der Waals surface area (Å²) in [6, 6.07) is 22.7. The number of hydrogen-bond acceptors (Lipinski definition) is 4. The van der Waals surface area contributed by atoms with Crippen LogP contribution in [0, 0.1) is 13.8 Å². The second kappa shape index (κ2) is 9.80. The Bertz CT molecular complexity index is 1540. The molecule has 0 aliphatic heterocycles. The topological polar surface area (TPSA) is 99.6 Å². The van der Waals surface area contributed by atoms with E-state index < -0.39 is 16.1 Å². The molecule has 0 saturated carbocycles. The van der Waals surface area contributed by atoms with Gasteiger partial charge in [-0.15, -0.1) is 0 Å². The molecule has 3 aromatic carbocycles. The summed E-state index contributed by atoms with van der Waals surface area (Å²) in [5, 5.41) is 10.3. The molecule has 1 aliphatic rings. The number of aromatic nitrogens is 1. The van der Waals surface area contributed by atoms with E-state index in [1.807, 2.05) is 36.4 Å². The normalized spacial score (nSPS) is 12.7. The molecule has 0 radical (unpaired) electrons. The highest BCUT2D eigenvalue weighted by Gasteiger charge is 2.32. The van der Waals surface area contributed by atoms with Crippen LogP contribution in [0.15, 0.2) is 90.1 Å². The molecular formula is C29H27N3O4S. The molecule has 0 atom stereocenters. The summed E-state index contributed by atoms with van der Waals surface area (Å²) in [5.41, 5.74) is 6.61. The van der Waals surface area contributed by atoms with Crippen LogP contribution in [0.3, 0.4) is 0 Å². The fraction of sp³-hybridized carbons (Fsp3) is 0.172. The third-order valence-corrected chi connectivity index (χ3v) is 8.36. The van der Waals surface area contributed by atoms with Crippen LogP contribution in [0.1, 0.15) is 33.7 Å². The van der Waals surface area contributed by atoms with Crippen molar-refractivity contribution in [2.24, 2.45) is 0 Å². The molecule has 1 amide bonds. The van der Waals surface area contributed by atoms with Gasteiger partial charge in [0.1, 0.15) is 0 Å². The van der Waals surface area contributed by atoms with Gasteiger partial charge in [-0.1, -0.05) is 60.7 Å². The molecule has 8 heteroatoms. The molecule has 0 bridgehead atoms. The minimum atomic E-state index is -3.91. The zero-order valence-corrected chi connectivity index (χ0v) is 21.4. The van der Waals surface area contributed by atoms with Crippen LogP contribution in [0.25, 0.3) is 11.1 Å². The number of amides is 1. The van der Waals surface area contributed by atoms with E-state index in [0.29, 0.717) is 16.8 Å². The summed E-state index contributed by atoms with van der Waals surface area (Å²) < 4.78 is 29.1. The van der Waals surface area contributed by atoms with Crippen LogP contribution in [-0.2, 0) is 16.6 Å². The van der Waals surface area contributed by atoms with Crippen LogP contribution in [-0.4, -0.2) is 31.1 Å². The number of nitrogens with zero attached hydrogens (tertiary/aromatic N) is 2. The lowest BCUT2D eigenvalue weighted by atomic mass is 9.96. The predicted molar refractivity (Wildman–Crippen MR) is 143 cm³/mol. The van der Waals surface area contributed by atoms with Crippen LogP contribution in [0.2, 0.25) is 0 Å². The van der Waals surface area contributed by atoms with E-state index in [-0.39, 0.29) is 23.9 Å². The molecule has 0 fully saturated rings. The van der Waals surface area contributed by atoms with Crippen LogP contribution in [0.5, 0.6) is 0 Å². The molecular weight excluding hydrogens is 486 g/mol. The molecule has 7 nitrogen and oxygen atoms in total. The monoisotopic (exact) mass is 513 g/mol. The Morgan fingerprint density at radius 1 is 0.946 bits per heavy atom. The molecule has 0 spiro atoms. The Morgan fingerprint density at radius 3 is 2.19 bits per heavy atom. The fourth-order valence-electron chi connectivity index (χ4n) is 5.08. The zero-order chi connectivity index (χ0) is 26.2. The SMILES string of the molecule is Cc1cc(C)c(S(=O)(=O)NCc2cccnc2)cc1N(CC1c2ccccc2-c2ccccc21)C(=O)O. The quantitative estimate of drug-likeness (QED) is 0.341. The molecule has 37 heavy (non-hydrogen) atoms. The maximum Gasteiger partial charge on any atom is 0.411 e. The van der Waals surface area contributed by atoms with Gasteiger partial charge in [0.05, 0.1) is 10.6 Å². The second-order valence-electron chi connectivity index (χ2n) is 9.21. The predicted octanol–water partition coefficient (Wildman–Crippen LogP) is 5.47. The molecule has 0 saturated heterocycles. The molecule has 1 aromatic heterocycles. The van der Waals surface area contributed by atoms with Crippen LogP contribution < -0.4 is 9.62 Å². The number of carboxylic acid groups (broad SMARTS) is 1. The summed E-state index contributed by atoms with van der Waals surface area (Å²) in [6.45, 7) is 3.76. The van der Waals surface area contributed by atoms with E-state index in [2.05, 4.69) is 21.8 Å². The zero-order valence-electron chi connectivity index (χ0n) is 20.5. The highest BCUT2D eigenvalue weighted by molar-refractivity contribution is 7.89. The minimum absolute atomic E-state index is 0.0514. The lowest BCUT2D eigenvalue weighted by molar-refractivity contribution is 0.201. The van der Waals surface area contributed by atoms with Gasteiger partial charge in [-0.2, -0.15) is 0 Å². The van der Waals surface area contributed by atoms with Gasteiger partial charge < -0.3 is 5.11 Å². The Labute approximate surface area is 216 Å². The first-order chi connectivity index (χ1) is 17.8.